The van der Waals surface area contributed by atoms with Crippen molar-refractivity contribution >= 4 is 11.4 Å². The molecule has 0 aliphatic carbocycles. The van der Waals surface area contributed by atoms with Crippen LogP contribution in [0.5, 0.6) is 11.5 Å². The van der Waals surface area contributed by atoms with Crippen LogP contribution in [-0.2, 0) is 12.8 Å². The highest BCUT2D eigenvalue weighted by Gasteiger charge is 2.41. The van der Waals surface area contributed by atoms with Crippen LogP contribution < -0.4 is 9.80 Å². The zero-order valence-corrected chi connectivity index (χ0v) is 20.8. The molecule has 0 bridgehead atoms. The van der Waals surface area contributed by atoms with E-state index in [0.29, 0.717) is 35.7 Å². The number of hydrogen-bond acceptors (Lipinski definition) is 4. The molecule has 4 heteroatoms. The molecule has 2 N–H and O–H groups in total. The summed E-state index contributed by atoms with van der Waals surface area (Å²) in [6.45, 7) is 13.7. The maximum atomic E-state index is 10.1. The van der Waals surface area contributed by atoms with Gasteiger partial charge in [-0.05, 0) is 101 Å². The fraction of sp³-hybridized carbons (Fsp3) is 0.571. The maximum absolute atomic E-state index is 10.1. The Labute approximate surface area is 194 Å². The molecule has 2 aromatic carbocycles. The minimum absolute atomic E-state index is 0.305. The third-order valence-corrected chi connectivity index (χ3v) is 7.43. The molecule has 1 aliphatic rings. The standard InChI is InChI=1S/C28H42N2O2/c1-7-9-11-23-17-25(31)13-15-27(23)29-19(3)21(5)30(22(6)20(29)4)28-16-14-26(32)18-24(28)12-10-8-2/h13-22,31-32H,7-12H2,1-6H3. The van der Waals surface area contributed by atoms with Gasteiger partial charge < -0.3 is 20.0 Å². The molecule has 32 heavy (non-hydrogen) atoms. The number of benzene rings is 2. The molecule has 0 aromatic heterocycles. The first kappa shape index (κ1) is 24.3. The fourth-order valence-electron chi connectivity index (χ4n) is 5.33. The van der Waals surface area contributed by atoms with Gasteiger partial charge in [-0.25, -0.2) is 0 Å². The average Bonchev–Trinajstić information content (AvgIpc) is 2.77. The number of hydrogen-bond donors (Lipinski definition) is 2. The number of phenols is 2. The average molecular weight is 439 g/mol. The Bertz CT molecular complexity index is 807. The van der Waals surface area contributed by atoms with Crippen molar-refractivity contribution in [2.45, 2.75) is 104 Å². The third kappa shape index (κ3) is 4.84. The number of rotatable bonds is 8. The maximum Gasteiger partial charge on any atom is 0.116 e. The first-order valence-electron chi connectivity index (χ1n) is 12.5. The van der Waals surface area contributed by atoms with Gasteiger partial charge in [0.15, 0.2) is 0 Å². The lowest BCUT2D eigenvalue weighted by Gasteiger charge is -2.55. The lowest BCUT2D eigenvalue weighted by atomic mass is 9.90. The monoisotopic (exact) mass is 438 g/mol. The van der Waals surface area contributed by atoms with Crippen molar-refractivity contribution in [1.29, 1.82) is 0 Å². The molecule has 3 rings (SSSR count). The summed E-state index contributed by atoms with van der Waals surface area (Å²) in [6.07, 6.45) is 6.51. The van der Waals surface area contributed by atoms with Crippen molar-refractivity contribution in [3.05, 3.63) is 47.5 Å². The molecule has 1 saturated heterocycles. The van der Waals surface area contributed by atoms with Gasteiger partial charge in [0.2, 0.25) is 0 Å². The van der Waals surface area contributed by atoms with Gasteiger partial charge in [-0.15, -0.1) is 0 Å². The zero-order valence-electron chi connectivity index (χ0n) is 20.8. The zero-order chi connectivity index (χ0) is 23.4. The van der Waals surface area contributed by atoms with Crippen molar-refractivity contribution < 1.29 is 10.2 Å². The molecule has 1 heterocycles. The van der Waals surface area contributed by atoms with Gasteiger partial charge in [-0.2, -0.15) is 0 Å². The highest BCUT2D eigenvalue weighted by molar-refractivity contribution is 5.63. The largest absolute Gasteiger partial charge is 0.508 e. The number of unbranched alkanes of at least 4 members (excludes halogenated alkanes) is 2. The Kier molecular flexibility index (Phi) is 7.97. The second kappa shape index (κ2) is 10.5. The third-order valence-electron chi connectivity index (χ3n) is 7.43. The number of piperazine rings is 1. The Morgan fingerprint density at radius 2 is 0.969 bits per heavy atom. The Hall–Kier alpha value is -2.36. The van der Waals surface area contributed by atoms with Gasteiger partial charge >= 0.3 is 0 Å². The van der Waals surface area contributed by atoms with Crippen molar-refractivity contribution in [3.8, 4) is 11.5 Å². The predicted octanol–water partition coefficient (Wildman–Crippen LogP) is 6.66. The van der Waals surface area contributed by atoms with Gasteiger partial charge in [0.1, 0.15) is 11.5 Å². The van der Waals surface area contributed by atoms with Gasteiger partial charge in [0.05, 0.1) is 0 Å². The van der Waals surface area contributed by atoms with Crippen molar-refractivity contribution in [3.63, 3.8) is 0 Å². The van der Waals surface area contributed by atoms with E-state index in [1.54, 1.807) is 0 Å². The Balaban J connectivity index is 1.99. The molecular weight excluding hydrogens is 396 g/mol. The SMILES string of the molecule is CCCCc1cc(O)ccc1N1C(C)C(C)N(c2ccc(O)cc2CCCC)C(C)C1C. The van der Waals surface area contributed by atoms with E-state index < -0.39 is 0 Å². The first-order valence-corrected chi connectivity index (χ1v) is 12.5. The minimum atomic E-state index is 0.305. The van der Waals surface area contributed by atoms with Gasteiger partial charge in [-0.1, -0.05) is 26.7 Å². The molecule has 0 spiro atoms. The topological polar surface area (TPSA) is 46.9 Å². The van der Waals surface area contributed by atoms with Crippen LogP contribution in [0.2, 0.25) is 0 Å². The molecule has 176 valence electrons. The second-order valence-corrected chi connectivity index (χ2v) is 9.61. The van der Waals surface area contributed by atoms with Crippen molar-refractivity contribution in [2.24, 2.45) is 0 Å². The highest BCUT2D eigenvalue weighted by atomic mass is 16.3. The van der Waals surface area contributed by atoms with Crippen LogP contribution in [0.15, 0.2) is 36.4 Å². The van der Waals surface area contributed by atoms with Crippen LogP contribution in [0.4, 0.5) is 11.4 Å². The van der Waals surface area contributed by atoms with E-state index in [0.717, 1.165) is 38.5 Å². The summed E-state index contributed by atoms with van der Waals surface area (Å²) in [5.74, 6) is 0.703. The second-order valence-electron chi connectivity index (χ2n) is 9.61. The Morgan fingerprint density at radius 3 is 1.28 bits per heavy atom. The Morgan fingerprint density at radius 1 is 0.625 bits per heavy atom. The number of anilines is 2. The number of aromatic hydroxyl groups is 2. The smallest absolute Gasteiger partial charge is 0.116 e. The van der Waals surface area contributed by atoms with E-state index in [1.165, 1.54) is 22.5 Å². The van der Waals surface area contributed by atoms with Crippen LogP contribution in [0, 0.1) is 0 Å². The van der Waals surface area contributed by atoms with E-state index in [4.69, 9.17) is 0 Å². The summed E-state index contributed by atoms with van der Waals surface area (Å²) in [4.78, 5) is 5.14. The number of phenolic OH excluding ortho intramolecular Hbond substituents is 2. The van der Waals surface area contributed by atoms with Crippen LogP contribution in [-0.4, -0.2) is 34.4 Å². The lowest BCUT2D eigenvalue weighted by Crippen LogP contribution is -2.66. The van der Waals surface area contributed by atoms with Crippen molar-refractivity contribution in [1.82, 2.24) is 0 Å². The molecule has 0 radical (unpaired) electrons. The van der Waals surface area contributed by atoms with E-state index in [9.17, 15) is 10.2 Å². The summed E-state index contributed by atoms with van der Waals surface area (Å²) in [7, 11) is 0. The molecule has 4 nitrogen and oxygen atoms in total. The van der Waals surface area contributed by atoms with Crippen LogP contribution >= 0.6 is 0 Å². The molecule has 4 unspecified atom stereocenters. The van der Waals surface area contributed by atoms with Gasteiger partial charge in [0.25, 0.3) is 0 Å². The number of aryl methyl sites for hydroxylation is 2. The van der Waals surface area contributed by atoms with Crippen LogP contribution in [0.25, 0.3) is 0 Å². The summed E-state index contributed by atoms with van der Waals surface area (Å²) < 4.78 is 0. The van der Waals surface area contributed by atoms with Crippen LogP contribution in [0.3, 0.4) is 0 Å². The lowest BCUT2D eigenvalue weighted by molar-refractivity contribution is 0.344. The highest BCUT2D eigenvalue weighted by Crippen LogP contribution is 2.39. The fourth-order valence-corrected chi connectivity index (χ4v) is 5.33. The molecule has 0 amide bonds. The van der Waals surface area contributed by atoms with E-state index in [2.05, 4.69) is 63.5 Å². The molecule has 0 saturated carbocycles. The predicted molar refractivity (Wildman–Crippen MR) is 136 cm³/mol. The normalized spacial score (nSPS) is 23.6. The van der Waals surface area contributed by atoms with Gasteiger partial charge in [0, 0.05) is 35.5 Å². The van der Waals surface area contributed by atoms with E-state index >= 15 is 0 Å². The molecule has 1 fully saturated rings. The van der Waals surface area contributed by atoms with Crippen molar-refractivity contribution in [2.75, 3.05) is 9.80 Å². The van der Waals surface area contributed by atoms with Crippen LogP contribution in [0.1, 0.15) is 78.4 Å². The summed E-state index contributed by atoms with van der Waals surface area (Å²) in [6, 6.07) is 13.0. The molecular formula is C28H42N2O2. The number of nitrogens with zero attached hydrogens (tertiary/aromatic N) is 2. The summed E-state index contributed by atoms with van der Waals surface area (Å²) in [5, 5.41) is 20.3. The minimum Gasteiger partial charge on any atom is -0.508 e. The quantitative estimate of drug-likeness (QED) is 0.483. The molecule has 1 aliphatic heterocycles. The molecule has 2 aromatic rings. The molecule has 4 atom stereocenters. The first-order chi connectivity index (χ1) is 15.3. The summed E-state index contributed by atoms with van der Waals surface area (Å²) >= 11 is 0. The van der Waals surface area contributed by atoms with Gasteiger partial charge in [-0.3, -0.25) is 0 Å². The summed E-state index contributed by atoms with van der Waals surface area (Å²) in [5.41, 5.74) is 5.00. The van der Waals surface area contributed by atoms with E-state index in [1.807, 2.05) is 24.3 Å². The van der Waals surface area contributed by atoms with E-state index in [-0.39, 0.29) is 0 Å².